The third-order valence-corrected chi connectivity index (χ3v) is 5.20. The summed E-state index contributed by atoms with van der Waals surface area (Å²) in [5, 5.41) is 0. The molecule has 0 unspecified atom stereocenters. The highest BCUT2D eigenvalue weighted by molar-refractivity contribution is 5.89. The van der Waals surface area contributed by atoms with E-state index in [-0.39, 0.29) is 5.56 Å². The van der Waals surface area contributed by atoms with E-state index in [2.05, 4.69) is 4.98 Å². The number of ether oxygens (including phenoxy) is 3. The molecule has 4 atom stereocenters. The number of alkyl halides is 1. The van der Waals surface area contributed by atoms with Gasteiger partial charge in [0.1, 0.15) is 12.7 Å². The summed E-state index contributed by atoms with van der Waals surface area (Å²) in [6.07, 6.45) is -1.89. The number of carbonyl (C=O) groups excluding carboxylic acids is 2. The van der Waals surface area contributed by atoms with E-state index in [0.717, 1.165) is 26.1 Å². The second-order valence-corrected chi connectivity index (χ2v) is 7.21. The summed E-state index contributed by atoms with van der Waals surface area (Å²) in [5.74, 6) is -1.50. The predicted octanol–water partition coefficient (Wildman–Crippen LogP) is 1.34. The van der Waals surface area contributed by atoms with Crippen LogP contribution in [-0.4, -0.2) is 45.5 Å². The quantitative estimate of drug-likeness (QED) is 0.726. The maximum atomic E-state index is 16.0. The van der Waals surface area contributed by atoms with E-state index in [4.69, 9.17) is 14.2 Å². The lowest BCUT2D eigenvalue weighted by Gasteiger charge is -2.36. The fraction of sp³-hybridized carbons (Fsp3) is 0.400. The molecule has 1 aliphatic rings. The molecule has 1 aromatic carbocycles. The van der Waals surface area contributed by atoms with Crippen molar-refractivity contribution in [3.8, 4) is 0 Å². The van der Waals surface area contributed by atoms with Gasteiger partial charge in [0.15, 0.2) is 17.5 Å². The molecule has 1 aliphatic heterocycles. The van der Waals surface area contributed by atoms with Gasteiger partial charge in [-0.05, 0) is 26.0 Å². The second kappa shape index (κ2) is 7.86. The van der Waals surface area contributed by atoms with Gasteiger partial charge < -0.3 is 19.2 Å². The van der Waals surface area contributed by atoms with Crippen molar-refractivity contribution in [2.75, 3.05) is 6.61 Å². The van der Waals surface area contributed by atoms with Crippen LogP contribution in [0.25, 0.3) is 0 Å². The first-order valence-corrected chi connectivity index (χ1v) is 9.14. The molecule has 0 radical (unpaired) electrons. The molecule has 0 bridgehead atoms. The molecule has 2 heterocycles. The molecule has 0 aliphatic carbocycles. The van der Waals surface area contributed by atoms with E-state index in [9.17, 15) is 19.2 Å². The Morgan fingerprint density at radius 1 is 1.20 bits per heavy atom. The highest BCUT2D eigenvalue weighted by Gasteiger charge is 2.67. The Bertz CT molecular complexity index is 1030. The lowest BCUT2D eigenvalue weighted by atomic mass is 9.84. The number of nitrogens with zero attached hydrogens (tertiary/aromatic N) is 1. The van der Waals surface area contributed by atoms with Gasteiger partial charge in [-0.15, -0.1) is 0 Å². The average Bonchev–Trinajstić information content (AvgIpc) is 2.86. The van der Waals surface area contributed by atoms with E-state index in [1.54, 1.807) is 18.2 Å². The first-order valence-electron chi connectivity index (χ1n) is 9.14. The summed E-state index contributed by atoms with van der Waals surface area (Å²) in [7, 11) is 0. The van der Waals surface area contributed by atoms with Crippen LogP contribution >= 0.6 is 0 Å². The summed E-state index contributed by atoms with van der Waals surface area (Å²) in [4.78, 5) is 50.6. The molecule has 160 valence electrons. The summed E-state index contributed by atoms with van der Waals surface area (Å²) in [6, 6.07) is 9.13. The van der Waals surface area contributed by atoms with Gasteiger partial charge in [0.25, 0.3) is 5.56 Å². The maximum Gasteiger partial charge on any atom is 0.338 e. The smallest absolute Gasteiger partial charge is 0.338 e. The first-order chi connectivity index (χ1) is 14.1. The zero-order chi connectivity index (χ0) is 22.1. The van der Waals surface area contributed by atoms with E-state index < -0.39 is 53.4 Å². The van der Waals surface area contributed by atoms with Crippen LogP contribution in [0.1, 0.15) is 37.4 Å². The van der Waals surface area contributed by atoms with Crippen LogP contribution in [0.4, 0.5) is 4.39 Å². The Labute approximate surface area is 170 Å². The summed E-state index contributed by atoms with van der Waals surface area (Å²) in [5.41, 5.74) is -5.91. The molecule has 10 heteroatoms. The standard InChI is InChI=1S/C20H21FN2O7/c1-12(24)30-20(3)14(11-28-16(26)13-7-5-4-6-8-13)29-17(19(20,2)21)23-15(25)9-10-22-18(23)27/h4-10,14,17H,11H2,1-3H3,(H,22,27)/t14-,17-,19+,20+/m1/s1. The molecule has 1 N–H and O–H groups in total. The minimum absolute atomic E-state index is 0.264. The molecule has 0 saturated carbocycles. The number of H-pyrrole nitrogens is 1. The molecule has 2 aromatic rings. The zero-order valence-electron chi connectivity index (χ0n) is 16.6. The van der Waals surface area contributed by atoms with Gasteiger partial charge >= 0.3 is 17.6 Å². The van der Waals surface area contributed by atoms with Crippen LogP contribution in [0.5, 0.6) is 0 Å². The Balaban J connectivity index is 1.95. The van der Waals surface area contributed by atoms with Crippen LogP contribution in [0.15, 0.2) is 52.2 Å². The number of carbonyl (C=O) groups is 2. The van der Waals surface area contributed by atoms with Crippen molar-refractivity contribution in [3.63, 3.8) is 0 Å². The lowest BCUT2D eigenvalue weighted by Crippen LogP contribution is -2.56. The van der Waals surface area contributed by atoms with Crippen molar-refractivity contribution in [3.05, 3.63) is 69.0 Å². The van der Waals surface area contributed by atoms with Crippen LogP contribution in [0.2, 0.25) is 0 Å². The lowest BCUT2D eigenvalue weighted by molar-refractivity contribution is -0.175. The van der Waals surface area contributed by atoms with E-state index >= 15 is 4.39 Å². The number of halogens is 1. The fourth-order valence-corrected chi connectivity index (χ4v) is 3.40. The van der Waals surface area contributed by atoms with Crippen molar-refractivity contribution >= 4 is 11.9 Å². The van der Waals surface area contributed by atoms with Gasteiger partial charge in [0.2, 0.25) is 0 Å². The SMILES string of the molecule is CC(=O)O[C@@]1(C)[C@@H](COC(=O)c2ccccc2)O[C@@H](n2c(=O)cc[nH]c2=O)[C@]1(C)F. The Morgan fingerprint density at radius 2 is 1.87 bits per heavy atom. The van der Waals surface area contributed by atoms with Crippen molar-refractivity contribution in [1.29, 1.82) is 0 Å². The van der Waals surface area contributed by atoms with Crippen LogP contribution in [-0.2, 0) is 19.0 Å². The third kappa shape index (κ3) is 3.65. The molecular weight excluding hydrogens is 399 g/mol. The average molecular weight is 420 g/mol. The molecular formula is C20H21FN2O7. The minimum Gasteiger partial charge on any atom is -0.459 e. The molecule has 30 heavy (non-hydrogen) atoms. The number of aromatic nitrogens is 2. The van der Waals surface area contributed by atoms with E-state index in [1.807, 2.05) is 0 Å². The van der Waals surface area contributed by atoms with Crippen molar-refractivity contribution < 1.29 is 28.2 Å². The Kier molecular flexibility index (Phi) is 5.62. The Hall–Kier alpha value is -3.27. The van der Waals surface area contributed by atoms with Crippen molar-refractivity contribution in [2.24, 2.45) is 0 Å². The molecule has 9 nitrogen and oxygen atoms in total. The van der Waals surface area contributed by atoms with Crippen LogP contribution in [0.3, 0.4) is 0 Å². The minimum atomic E-state index is -2.51. The number of benzene rings is 1. The highest BCUT2D eigenvalue weighted by Crippen LogP contribution is 2.49. The van der Waals surface area contributed by atoms with Gasteiger partial charge in [0.05, 0.1) is 5.56 Å². The Morgan fingerprint density at radius 3 is 2.47 bits per heavy atom. The zero-order valence-corrected chi connectivity index (χ0v) is 16.6. The number of rotatable bonds is 5. The predicted molar refractivity (Wildman–Crippen MR) is 102 cm³/mol. The number of esters is 2. The molecule has 0 spiro atoms. The first kappa shape index (κ1) is 21.4. The largest absolute Gasteiger partial charge is 0.459 e. The molecule has 1 aromatic heterocycles. The van der Waals surface area contributed by atoms with Crippen molar-refractivity contribution in [2.45, 2.75) is 44.4 Å². The molecule has 1 saturated heterocycles. The van der Waals surface area contributed by atoms with Crippen LogP contribution in [0, 0.1) is 0 Å². The second-order valence-electron chi connectivity index (χ2n) is 7.21. The van der Waals surface area contributed by atoms with Gasteiger partial charge in [-0.2, -0.15) is 0 Å². The molecule has 0 amide bonds. The van der Waals surface area contributed by atoms with Gasteiger partial charge in [-0.1, -0.05) is 18.2 Å². The van der Waals surface area contributed by atoms with E-state index in [0.29, 0.717) is 4.57 Å². The number of hydrogen-bond donors (Lipinski definition) is 1. The van der Waals surface area contributed by atoms with E-state index in [1.165, 1.54) is 19.1 Å². The highest BCUT2D eigenvalue weighted by atomic mass is 19.1. The van der Waals surface area contributed by atoms with Crippen molar-refractivity contribution in [1.82, 2.24) is 9.55 Å². The third-order valence-electron chi connectivity index (χ3n) is 5.20. The van der Waals surface area contributed by atoms with Gasteiger partial charge in [-0.3, -0.25) is 9.59 Å². The molecule has 1 fully saturated rings. The van der Waals surface area contributed by atoms with Gasteiger partial charge in [0, 0.05) is 19.2 Å². The maximum absolute atomic E-state index is 16.0. The molecule has 3 rings (SSSR count). The topological polar surface area (TPSA) is 117 Å². The summed E-state index contributed by atoms with van der Waals surface area (Å²) >= 11 is 0. The normalized spacial score (nSPS) is 28.1. The number of aromatic amines is 1. The fourth-order valence-electron chi connectivity index (χ4n) is 3.40. The number of nitrogens with one attached hydrogen (secondary N) is 1. The summed E-state index contributed by atoms with van der Waals surface area (Å²) < 4.78 is 32.6. The van der Waals surface area contributed by atoms with Crippen LogP contribution < -0.4 is 11.2 Å². The monoisotopic (exact) mass is 420 g/mol. The summed E-state index contributed by atoms with van der Waals surface area (Å²) in [6.45, 7) is 2.92. The number of hydrogen-bond acceptors (Lipinski definition) is 7. The van der Waals surface area contributed by atoms with Gasteiger partial charge in [-0.25, -0.2) is 18.5 Å².